The second-order valence-corrected chi connectivity index (χ2v) is 5.22. The Labute approximate surface area is 88.1 Å². The molecule has 2 unspecified atom stereocenters. The number of aromatic nitrogens is 1. The monoisotopic (exact) mass is 209 g/mol. The Hall–Kier alpha value is -0.610. The first-order valence-corrected chi connectivity index (χ1v) is 6.05. The highest BCUT2D eigenvalue weighted by molar-refractivity contribution is 7.13. The molecule has 1 N–H and O–H groups in total. The molecule has 3 nitrogen and oxygen atoms in total. The van der Waals surface area contributed by atoms with Crippen LogP contribution in [0.15, 0.2) is 11.6 Å². The molecule has 1 aliphatic carbocycles. The molecule has 1 saturated heterocycles. The van der Waals surface area contributed by atoms with Crippen molar-refractivity contribution in [2.45, 2.75) is 0 Å². The maximum absolute atomic E-state index is 4.32. The Morgan fingerprint density at radius 3 is 3.00 bits per heavy atom. The van der Waals surface area contributed by atoms with Crippen LogP contribution in [0.3, 0.4) is 0 Å². The number of nitrogens with one attached hydrogen (secondary N) is 1. The van der Waals surface area contributed by atoms with Gasteiger partial charge in [0.1, 0.15) is 0 Å². The molecule has 0 amide bonds. The topological polar surface area (TPSA) is 28.2 Å². The van der Waals surface area contributed by atoms with Crippen molar-refractivity contribution < 1.29 is 0 Å². The molecule has 0 spiro atoms. The highest BCUT2D eigenvalue weighted by atomic mass is 32.1. The highest BCUT2D eigenvalue weighted by Gasteiger charge is 2.52. The first kappa shape index (κ1) is 8.68. The minimum atomic E-state index is 0.921. The quantitative estimate of drug-likeness (QED) is 0.806. The largest absolute Gasteiger partial charge is 0.351 e. The van der Waals surface area contributed by atoms with Gasteiger partial charge in [-0.2, -0.15) is 0 Å². The summed E-state index contributed by atoms with van der Waals surface area (Å²) in [7, 11) is 2.15. The predicted octanol–water partition coefficient (Wildman–Crippen LogP) is 1.04. The number of piperidine rings is 1. The maximum atomic E-state index is 4.32. The molecule has 2 fully saturated rings. The van der Waals surface area contributed by atoms with Crippen molar-refractivity contribution in [3.63, 3.8) is 0 Å². The average molecular weight is 209 g/mol. The van der Waals surface area contributed by atoms with Gasteiger partial charge < -0.3 is 10.2 Å². The first-order valence-electron chi connectivity index (χ1n) is 5.17. The second-order valence-electron chi connectivity index (χ2n) is 4.35. The number of anilines is 1. The Bertz CT molecular complexity index is 301. The van der Waals surface area contributed by atoms with Crippen LogP contribution in [-0.4, -0.2) is 31.7 Å². The van der Waals surface area contributed by atoms with Crippen LogP contribution in [0.2, 0.25) is 0 Å². The fourth-order valence-corrected chi connectivity index (χ4v) is 3.24. The molecule has 1 saturated carbocycles. The molecule has 1 aliphatic heterocycles. The Morgan fingerprint density at radius 2 is 2.36 bits per heavy atom. The number of hydrogen-bond donors (Lipinski definition) is 1. The zero-order valence-corrected chi connectivity index (χ0v) is 9.13. The highest BCUT2D eigenvalue weighted by Crippen LogP contribution is 2.49. The molecule has 1 aromatic rings. The summed E-state index contributed by atoms with van der Waals surface area (Å²) in [6, 6.07) is 0. The molecule has 0 radical (unpaired) electrons. The van der Waals surface area contributed by atoms with Crippen LogP contribution < -0.4 is 10.2 Å². The first-order chi connectivity index (χ1) is 6.86. The van der Waals surface area contributed by atoms with Crippen molar-refractivity contribution in [3.8, 4) is 0 Å². The molecule has 2 aliphatic rings. The van der Waals surface area contributed by atoms with E-state index in [0.29, 0.717) is 0 Å². The van der Waals surface area contributed by atoms with Crippen molar-refractivity contribution in [3.05, 3.63) is 11.6 Å². The van der Waals surface area contributed by atoms with Gasteiger partial charge in [0.05, 0.1) is 0 Å². The standard InChI is InChI=1S/C10H15N3S/c1-13(10-12-2-3-14-10)6-9-7-4-11-5-8(7)9/h2-3,7-9,11H,4-6H2,1H3. The van der Waals surface area contributed by atoms with Crippen LogP contribution in [0, 0.1) is 17.8 Å². The van der Waals surface area contributed by atoms with Crippen molar-refractivity contribution in [2.24, 2.45) is 17.8 Å². The fourth-order valence-electron chi connectivity index (χ4n) is 2.62. The van der Waals surface area contributed by atoms with Crippen molar-refractivity contribution in [2.75, 3.05) is 31.6 Å². The predicted molar refractivity (Wildman–Crippen MR) is 58.7 cm³/mol. The zero-order chi connectivity index (χ0) is 9.54. The molecule has 2 atom stereocenters. The minimum Gasteiger partial charge on any atom is -0.351 e. The molecule has 14 heavy (non-hydrogen) atoms. The average Bonchev–Trinajstić information content (AvgIpc) is 2.75. The van der Waals surface area contributed by atoms with Crippen molar-refractivity contribution in [1.82, 2.24) is 10.3 Å². The van der Waals surface area contributed by atoms with Gasteiger partial charge >= 0.3 is 0 Å². The molecule has 1 aromatic heterocycles. The van der Waals surface area contributed by atoms with Crippen molar-refractivity contribution in [1.29, 1.82) is 0 Å². The van der Waals surface area contributed by atoms with E-state index in [9.17, 15) is 0 Å². The van der Waals surface area contributed by atoms with E-state index in [1.807, 2.05) is 11.6 Å². The molecule has 3 rings (SSSR count). The van der Waals surface area contributed by atoms with Gasteiger partial charge in [-0.1, -0.05) is 0 Å². The second kappa shape index (κ2) is 3.21. The summed E-state index contributed by atoms with van der Waals surface area (Å²) in [6.45, 7) is 3.66. The van der Waals surface area contributed by atoms with Crippen LogP contribution in [0.4, 0.5) is 5.13 Å². The third-order valence-electron chi connectivity index (χ3n) is 3.50. The lowest BCUT2D eigenvalue weighted by Crippen LogP contribution is -2.25. The van der Waals surface area contributed by atoms with Crippen LogP contribution in [0.5, 0.6) is 0 Å². The smallest absolute Gasteiger partial charge is 0.184 e. The molecule has 0 aromatic carbocycles. The summed E-state index contributed by atoms with van der Waals surface area (Å²) in [5.74, 6) is 2.83. The van der Waals surface area contributed by atoms with Crippen LogP contribution >= 0.6 is 11.3 Å². The van der Waals surface area contributed by atoms with E-state index >= 15 is 0 Å². The molecule has 76 valence electrons. The van der Waals surface area contributed by atoms with E-state index < -0.39 is 0 Å². The Morgan fingerprint density at radius 1 is 1.57 bits per heavy atom. The van der Waals surface area contributed by atoms with Gasteiger partial charge in [-0.25, -0.2) is 4.98 Å². The number of fused-ring (bicyclic) bond motifs is 1. The van der Waals surface area contributed by atoms with Gasteiger partial charge in [0.25, 0.3) is 0 Å². The third-order valence-corrected chi connectivity index (χ3v) is 4.39. The van der Waals surface area contributed by atoms with Gasteiger partial charge in [0.2, 0.25) is 0 Å². The number of nitrogens with zero attached hydrogens (tertiary/aromatic N) is 2. The van der Waals surface area contributed by atoms with Gasteiger partial charge in [0.15, 0.2) is 5.13 Å². The number of hydrogen-bond acceptors (Lipinski definition) is 4. The fraction of sp³-hybridized carbons (Fsp3) is 0.700. The normalized spacial score (nSPS) is 34.2. The van der Waals surface area contributed by atoms with E-state index in [1.54, 1.807) is 11.3 Å². The lowest BCUT2D eigenvalue weighted by Gasteiger charge is -2.16. The number of thiazole rings is 1. The Balaban J connectivity index is 1.59. The van der Waals surface area contributed by atoms with Crippen LogP contribution in [0.1, 0.15) is 0 Å². The maximum Gasteiger partial charge on any atom is 0.184 e. The molecule has 0 bridgehead atoms. The summed E-state index contributed by atoms with van der Waals surface area (Å²) in [4.78, 5) is 6.62. The molecular weight excluding hydrogens is 194 g/mol. The van der Waals surface area contributed by atoms with E-state index in [4.69, 9.17) is 0 Å². The van der Waals surface area contributed by atoms with E-state index in [2.05, 4.69) is 22.2 Å². The third kappa shape index (κ3) is 1.33. The van der Waals surface area contributed by atoms with Gasteiger partial charge in [-0.3, -0.25) is 0 Å². The zero-order valence-electron chi connectivity index (χ0n) is 8.31. The molecular formula is C10H15N3S. The summed E-state index contributed by atoms with van der Waals surface area (Å²) in [6.07, 6.45) is 1.88. The van der Waals surface area contributed by atoms with Crippen LogP contribution in [-0.2, 0) is 0 Å². The van der Waals surface area contributed by atoms with Crippen LogP contribution in [0.25, 0.3) is 0 Å². The SMILES string of the molecule is CN(CC1C2CNCC21)c1nccs1. The van der Waals surface area contributed by atoms with E-state index in [0.717, 1.165) is 22.9 Å². The van der Waals surface area contributed by atoms with E-state index in [-0.39, 0.29) is 0 Å². The minimum absolute atomic E-state index is 0.921. The summed E-state index contributed by atoms with van der Waals surface area (Å²) in [5, 5.41) is 6.63. The summed E-state index contributed by atoms with van der Waals surface area (Å²) >= 11 is 1.73. The summed E-state index contributed by atoms with van der Waals surface area (Å²) < 4.78 is 0. The van der Waals surface area contributed by atoms with Gasteiger partial charge in [0, 0.05) is 25.2 Å². The van der Waals surface area contributed by atoms with Gasteiger partial charge in [-0.05, 0) is 30.8 Å². The van der Waals surface area contributed by atoms with Gasteiger partial charge in [-0.15, -0.1) is 11.3 Å². The van der Waals surface area contributed by atoms with E-state index in [1.165, 1.54) is 19.6 Å². The summed E-state index contributed by atoms with van der Waals surface area (Å²) in [5.41, 5.74) is 0. The lowest BCUT2D eigenvalue weighted by molar-refractivity contribution is 0.592. The Kier molecular flexibility index (Phi) is 1.99. The lowest BCUT2D eigenvalue weighted by atomic mass is 10.3. The molecule has 4 heteroatoms. The number of rotatable bonds is 3. The van der Waals surface area contributed by atoms with Crippen molar-refractivity contribution >= 4 is 16.5 Å². The molecule has 2 heterocycles.